The minimum atomic E-state index is -1.40. The highest BCUT2D eigenvalue weighted by Gasteiger charge is 2.22. The number of aliphatic carboxylic acids is 2. The number of nitrogens with one attached hydrogen (secondary N) is 1. The van der Waals surface area contributed by atoms with Crippen LogP contribution in [0.1, 0.15) is 39.0 Å². The Hall–Kier alpha value is -2.92. The molecule has 9 nitrogen and oxygen atoms in total. The standard InChI is InChI=1S/C27H40N2O7S/c1-2-3-9-14-21(30)15-10-6-4-5-7-12-17-24(23(31)16-11-8-13-18-25(32)33)37-20-22(28)27(36)29-19-26(34)35/h3-12,15,17,21-24,30-31H,2,13-14,16,18-20,28H2,1H3,(H,29,36)(H,32,33)(H,34,35)/p-1/b6-4-,7-5?,9-3-,11-8-,15-10+,17-12?/t21-,22-,23+,24-/m0/s1. The summed E-state index contributed by atoms with van der Waals surface area (Å²) in [6.07, 6.45) is 22.1. The summed E-state index contributed by atoms with van der Waals surface area (Å²) in [4.78, 5) is 33.0. The van der Waals surface area contributed by atoms with Crippen LogP contribution in [0.4, 0.5) is 0 Å². The minimum absolute atomic E-state index is 0.1000. The van der Waals surface area contributed by atoms with Crippen LogP contribution in [0.15, 0.2) is 72.9 Å². The molecule has 0 heterocycles. The molecule has 0 aromatic heterocycles. The second kappa shape index (κ2) is 22.3. The van der Waals surface area contributed by atoms with Gasteiger partial charge in [-0.2, -0.15) is 0 Å². The van der Waals surface area contributed by atoms with Crippen molar-refractivity contribution in [3.05, 3.63) is 72.9 Å². The number of hydrogen-bond donors (Lipinski definition) is 4. The lowest BCUT2D eigenvalue weighted by atomic mass is 10.1. The normalized spacial score (nSPS) is 15.9. The van der Waals surface area contributed by atoms with E-state index < -0.39 is 47.9 Å². The summed E-state index contributed by atoms with van der Waals surface area (Å²) in [5.41, 5.74) is 3.74. The van der Waals surface area contributed by atoms with E-state index >= 15 is 0 Å². The van der Waals surface area contributed by atoms with Crippen LogP contribution in [-0.4, -0.2) is 63.9 Å². The smallest absolute Gasteiger partial charge is 0.279 e. The molecule has 37 heavy (non-hydrogen) atoms. The van der Waals surface area contributed by atoms with Crippen LogP contribution in [-0.2, 0) is 14.4 Å². The molecular weight excluding hydrogens is 496 g/mol. The van der Waals surface area contributed by atoms with Crippen molar-refractivity contribution in [2.75, 3.05) is 12.3 Å². The maximum Gasteiger partial charge on any atom is 0.279 e. The topological polar surface area (TPSA) is 177 Å². The zero-order chi connectivity index (χ0) is 27.9. The fourth-order valence-electron chi connectivity index (χ4n) is 2.69. The highest BCUT2D eigenvalue weighted by Crippen LogP contribution is 2.20. The molecule has 0 aliphatic carbocycles. The Balaban J connectivity index is 4.95. The summed E-state index contributed by atoms with van der Waals surface area (Å²) < 4.78 is 0. The third kappa shape index (κ3) is 20.9. The molecule has 6 N–H and O–H groups in total. The predicted molar refractivity (Wildman–Crippen MR) is 142 cm³/mol. The third-order valence-corrected chi connectivity index (χ3v) is 6.13. The number of carbonyl (C=O) groups excluding carboxylic acids is 3. The number of thioether (sulfide) groups is 1. The summed E-state index contributed by atoms with van der Waals surface area (Å²) in [7, 11) is 0. The van der Waals surface area contributed by atoms with Gasteiger partial charge in [-0.05, 0) is 32.1 Å². The van der Waals surface area contributed by atoms with Gasteiger partial charge in [0.15, 0.2) is 6.04 Å². The Labute approximate surface area is 223 Å². The van der Waals surface area contributed by atoms with Crippen LogP contribution in [0.2, 0.25) is 0 Å². The first-order valence-corrected chi connectivity index (χ1v) is 13.2. The molecule has 0 fully saturated rings. The fourth-order valence-corrected chi connectivity index (χ4v) is 3.83. The van der Waals surface area contributed by atoms with Crippen LogP contribution in [0.25, 0.3) is 0 Å². The van der Waals surface area contributed by atoms with Crippen molar-refractivity contribution in [1.29, 1.82) is 0 Å². The van der Waals surface area contributed by atoms with E-state index in [1.54, 1.807) is 60.8 Å². The molecule has 10 heteroatoms. The van der Waals surface area contributed by atoms with Gasteiger partial charge in [0.05, 0.1) is 30.5 Å². The van der Waals surface area contributed by atoms with Crippen LogP contribution in [0.5, 0.6) is 0 Å². The van der Waals surface area contributed by atoms with Crippen LogP contribution in [0, 0.1) is 0 Å². The number of allylic oxidation sites excluding steroid dienone is 8. The second-order valence-electron chi connectivity index (χ2n) is 7.99. The van der Waals surface area contributed by atoms with Crippen LogP contribution in [0.3, 0.4) is 0 Å². The number of amides is 1. The maximum absolute atomic E-state index is 12.0. The van der Waals surface area contributed by atoms with Gasteiger partial charge >= 0.3 is 0 Å². The molecule has 0 bridgehead atoms. The van der Waals surface area contributed by atoms with E-state index in [1.165, 1.54) is 11.8 Å². The highest BCUT2D eigenvalue weighted by molar-refractivity contribution is 8.00. The van der Waals surface area contributed by atoms with E-state index in [9.17, 15) is 34.8 Å². The minimum Gasteiger partial charge on any atom is -0.550 e. The number of carboxylic acids is 2. The fraction of sp³-hybridized carbons (Fsp3) is 0.444. The van der Waals surface area contributed by atoms with E-state index in [4.69, 9.17) is 0 Å². The van der Waals surface area contributed by atoms with Gasteiger partial charge in [-0.25, -0.2) is 0 Å². The van der Waals surface area contributed by atoms with Crippen molar-refractivity contribution < 1.29 is 40.5 Å². The molecule has 0 aromatic carbocycles. The second-order valence-corrected chi connectivity index (χ2v) is 9.20. The number of aliphatic hydroxyl groups excluding tert-OH is 2. The van der Waals surface area contributed by atoms with Crippen LogP contribution < -0.4 is 21.3 Å². The first-order chi connectivity index (χ1) is 17.7. The van der Waals surface area contributed by atoms with Crippen molar-refractivity contribution >= 4 is 29.6 Å². The van der Waals surface area contributed by atoms with Crippen molar-refractivity contribution in [2.24, 2.45) is 0 Å². The van der Waals surface area contributed by atoms with Crippen LogP contribution >= 0.6 is 11.8 Å². The summed E-state index contributed by atoms with van der Waals surface area (Å²) in [6, 6.07) is -0.732. The lowest BCUT2D eigenvalue weighted by Gasteiger charge is -2.19. The van der Waals surface area contributed by atoms with E-state index in [0.717, 1.165) is 6.42 Å². The van der Waals surface area contributed by atoms with Gasteiger partial charge in [0.25, 0.3) is 5.91 Å². The van der Waals surface area contributed by atoms with E-state index in [-0.39, 0.29) is 18.6 Å². The molecule has 0 rings (SSSR count). The van der Waals surface area contributed by atoms with Gasteiger partial charge in [0.1, 0.15) is 0 Å². The largest absolute Gasteiger partial charge is 0.550 e. The molecule has 4 atom stereocenters. The monoisotopic (exact) mass is 535 g/mol. The summed E-state index contributed by atoms with van der Waals surface area (Å²) >= 11 is 1.29. The van der Waals surface area contributed by atoms with Crippen molar-refractivity contribution in [1.82, 2.24) is 5.32 Å². The van der Waals surface area contributed by atoms with Gasteiger partial charge in [-0.15, -0.1) is 11.8 Å². The Morgan fingerprint density at radius 1 is 0.892 bits per heavy atom. The number of carboxylic acid groups (broad SMARTS) is 2. The Morgan fingerprint density at radius 3 is 2.14 bits per heavy atom. The molecular formula is C27H39N2O7S-. The lowest BCUT2D eigenvalue weighted by Crippen LogP contribution is -2.69. The number of carbonyl (C=O) groups is 3. The molecule has 206 valence electrons. The number of aliphatic hydroxyl groups is 2. The molecule has 0 aliphatic rings. The summed E-state index contributed by atoms with van der Waals surface area (Å²) in [6.45, 7) is 1.43. The van der Waals surface area contributed by atoms with Gasteiger partial charge < -0.3 is 41.1 Å². The van der Waals surface area contributed by atoms with Crippen molar-refractivity contribution in [3.8, 4) is 0 Å². The number of hydrogen-bond acceptors (Lipinski definition) is 8. The summed E-state index contributed by atoms with van der Waals surface area (Å²) in [5.74, 6) is -2.83. The Morgan fingerprint density at radius 2 is 1.51 bits per heavy atom. The first kappa shape index (κ1) is 34.1. The predicted octanol–water partition coefficient (Wildman–Crippen LogP) is -0.656. The van der Waals surface area contributed by atoms with E-state index in [0.29, 0.717) is 12.8 Å². The maximum atomic E-state index is 12.0. The van der Waals surface area contributed by atoms with Gasteiger partial charge in [0.2, 0.25) is 0 Å². The zero-order valence-corrected chi connectivity index (χ0v) is 22.1. The van der Waals surface area contributed by atoms with Gasteiger partial charge in [-0.1, -0.05) is 79.8 Å². The average Bonchev–Trinajstić information content (AvgIpc) is 2.85. The lowest BCUT2D eigenvalue weighted by molar-refractivity contribution is -0.396. The molecule has 0 unspecified atom stereocenters. The molecule has 1 amide bonds. The number of rotatable bonds is 20. The highest BCUT2D eigenvalue weighted by atomic mass is 32.2. The first-order valence-electron chi connectivity index (χ1n) is 12.1. The number of quaternary nitrogens is 1. The van der Waals surface area contributed by atoms with Crippen molar-refractivity contribution in [3.63, 3.8) is 0 Å². The molecule has 0 saturated heterocycles. The molecule has 0 aromatic rings. The SMILES string of the molecule is CC/C=C\C[C@H](O)/C=C/C=C\C=CC=C[C@H](SC[C@H]([NH3+])C(=O)NCC(=O)[O-])[C@H](O)C/C=C\CCC(=O)[O-]. The quantitative estimate of drug-likeness (QED) is 0.117. The zero-order valence-electron chi connectivity index (χ0n) is 21.2. The van der Waals surface area contributed by atoms with Crippen molar-refractivity contribution in [2.45, 2.75) is 62.5 Å². The average molecular weight is 536 g/mol. The molecule has 0 radical (unpaired) electrons. The Bertz CT molecular complexity index is 850. The van der Waals surface area contributed by atoms with E-state index in [2.05, 4.69) is 11.1 Å². The Kier molecular flexibility index (Phi) is 20.5. The van der Waals surface area contributed by atoms with Gasteiger partial charge in [0, 0.05) is 11.2 Å². The van der Waals surface area contributed by atoms with Gasteiger partial charge in [-0.3, -0.25) is 4.79 Å². The third-order valence-electron chi connectivity index (χ3n) is 4.68. The molecule has 0 aliphatic heterocycles. The summed E-state index contributed by atoms with van der Waals surface area (Å²) in [5, 5.41) is 43.2. The van der Waals surface area contributed by atoms with E-state index in [1.807, 2.05) is 19.1 Å². The molecule has 0 spiro atoms. The molecule has 0 saturated carbocycles.